The minimum atomic E-state index is -0.661. The molecular weight excluding hydrogens is 302 g/mol. The highest BCUT2D eigenvalue weighted by molar-refractivity contribution is 5.94. The van der Waals surface area contributed by atoms with Crippen LogP contribution in [0, 0.1) is 10.1 Å². The minimum Gasteiger partial charge on any atom is -0.428 e. The third-order valence-electron chi connectivity index (χ3n) is 2.66. The van der Waals surface area contributed by atoms with Crippen LogP contribution in [0.4, 0.5) is 5.69 Å². The van der Waals surface area contributed by atoms with E-state index < -0.39 is 10.9 Å². The molecule has 0 fully saturated rings. The number of ether oxygens (including phenoxy) is 2. The Morgan fingerprint density at radius 1 is 1.26 bits per heavy atom. The number of hydrogen-bond acceptors (Lipinski definition) is 6. The van der Waals surface area contributed by atoms with Crippen LogP contribution in [0.1, 0.15) is 32.3 Å². The Balaban J connectivity index is 2.85. The third kappa shape index (κ3) is 7.32. The lowest BCUT2D eigenvalue weighted by atomic mass is 10.2. The van der Waals surface area contributed by atoms with Crippen LogP contribution in [-0.2, 0) is 19.1 Å². The van der Waals surface area contributed by atoms with E-state index in [0.717, 1.165) is 6.42 Å². The molecule has 1 aromatic rings. The van der Waals surface area contributed by atoms with Crippen molar-refractivity contribution in [2.75, 3.05) is 13.2 Å². The van der Waals surface area contributed by atoms with E-state index in [4.69, 9.17) is 9.47 Å². The number of hydrogen-bond donors (Lipinski definition) is 0. The number of Topliss-reactive ketones (excluding diaryl/α,β-unsaturated/α-hetero) is 1. The van der Waals surface area contributed by atoms with Gasteiger partial charge in [0.05, 0.1) is 4.92 Å². The Kier molecular flexibility index (Phi) is 7.62. The van der Waals surface area contributed by atoms with Crippen molar-refractivity contribution in [3.05, 3.63) is 45.7 Å². The standard InChI is InChI=1S/C16H19NO6/c1-3-8-22-11-15(23-16(19)9-12(2)18)10-13-4-6-14(7-5-13)17(20)21/h4-7,10H,3,8-9,11H2,1-2H3/b15-10+. The van der Waals surface area contributed by atoms with Gasteiger partial charge in [0, 0.05) is 18.7 Å². The predicted octanol–water partition coefficient (Wildman–Crippen LogP) is 2.88. The summed E-state index contributed by atoms with van der Waals surface area (Å²) in [6, 6.07) is 5.79. The number of esters is 1. The molecule has 0 saturated heterocycles. The first kappa shape index (κ1) is 18.5. The molecule has 1 aromatic carbocycles. The quantitative estimate of drug-likeness (QED) is 0.173. The molecule has 23 heavy (non-hydrogen) atoms. The summed E-state index contributed by atoms with van der Waals surface area (Å²) in [5, 5.41) is 10.6. The molecule has 0 unspecified atom stereocenters. The normalized spacial score (nSPS) is 11.1. The molecule has 0 aliphatic carbocycles. The SMILES string of the molecule is CCCOC/C(=C\c1ccc([N+](=O)[O-])cc1)OC(=O)CC(C)=O. The first-order valence-corrected chi connectivity index (χ1v) is 7.15. The second kappa shape index (κ2) is 9.47. The van der Waals surface area contributed by atoms with Gasteiger partial charge in [-0.15, -0.1) is 0 Å². The molecule has 1 rings (SSSR count). The molecule has 0 spiro atoms. The molecule has 0 N–H and O–H groups in total. The molecule has 7 heteroatoms. The van der Waals surface area contributed by atoms with Gasteiger partial charge in [-0.05, 0) is 37.1 Å². The average molecular weight is 321 g/mol. The van der Waals surface area contributed by atoms with Crippen LogP contribution in [0.5, 0.6) is 0 Å². The van der Waals surface area contributed by atoms with E-state index in [9.17, 15) is 19.7 Å². The van der Waals surface area contributed by atoms with Gasteiger partial charge in [-0.1, -0.05) is 6.92 Å². The summed E-state index contributed by atoms with van der Waals surface area (Å²) in [5.74, 6) is -0.705. The van der Waals surface area contributed by atoms with E-state index in [1.54, 1.807) is 6.08 Å². The molecule has 0 aliphatic rings. The molecule has 0 aromatic heterocycles. The molecule has 0 radical (unpaired) electrons. The summed E-state index contributed by atoms with van der Waals surface area (Å²) in [4.78, 5) is 32.7. The number of carbonyl (C=O) groups is 2. The second-order valence-electron chi connectivity index (χ2n) is 4.86. The van der Waals surface area contributed by atoms with Crippen molar-refractivity contribution in [3.8, 4) is 0 Å². The van der Waals surface area contributed by atoms with E-state index >= 15 is 0 Å². The molecule has 0 saturated carbocycles. The van der Waals surface area contributed by atoms with Crippen LogP contribution >= 0.6 is 0 Å². The number of nitrogens with zero attached hydrogens (tertiary/aromatic N) is 1. The van der Waals surface area contributed by atoms with Gasteiger partial charge in [-0.25, -0.2) is 0 Å². The average Bonchev–Trinajstić information content (AvgIpc) is 2.47. The van der Waals surface area contributed by atoms with Crippen molar-refractivity contribution < 1.29 is 24.0 Å². The monoisotopic (exact) mass is 321 g/mol. The summed E-state index contributed by atoms with van der Waals surface area (Å²) >= 11 is 0. The van der Waals surface area contributed by atoms with Crippen molar-refractivity contribution in [1.29, 1.82) is 0 Å². The molecule has 0 aliphatic heterocycles. The van der Waals surface area contributed by atoms with Crippen molar-refractivity contribution in [2.45, 2.75) is 26.7 Å². The minimum absolute atomic E-state index is 0.0282. The van der Waals surface area contributed by atoms with Gasteiger partial charge in [0.15, 0.2) is 0 Å². The van der Waals surface area contributed by atoms with Gasteiger partial charge in [0.2, 0.25) is 0 Å². The van der Waals surface area contributed by atoms with Gasteiger partial charge in [0.1, 0.15) is 24.6 Å². The fraction of sp³-hybridized carbons (Fsp3) is 0.375. The van der Waals surface area contributed by atoms with Crippen molar-refractivity contribution in [1.82, 2.24) is 0 Å². The van der Waals surface area contributed by atoms with Crippen LogP contribution < -0.4 is 0 Å². The molecule has 0 heterocycles. The lowest BCUT2D eigenvalue weighted by molar-refractivity contribution is -0.384. The maximum atomic E-state index is 11.6. The van der Waals surface area contributed by atoms with Crippen molar-refractivity contribution in [3.63, 3.8) is 0 Å². The second-order valence-corrected chi connectivity index (χ2v) is 4.86. The zero-order valence-corrected chi connectivity index (χ0v) is 13.1. The summed E-state index contributed by atoms with van der Waals surface area (Å²) in [7, 11) is 0. The highest BCUT2D eigenvalue weighted by Gasteiger charge is 2.11. The molecule has 0 amide bonds. The van der Waals surface area contributed by atoms with Gasteiger partial charge in [-0.2, -0.15) is 0 Å². The van der Waals surface area contributed by atoms with Crippen LogP contribution in [0.15, 0.2) is 30.0 Å². The lowest BCUT2D eigenvalue weighted by Crippen LogP contribution is -2.12. The zero-order chi connectivity index (χ0) is 17.2. The van der Waals surface area contributed by atoms with Crippen LogP contribution in [0.25, 0.3) is 6.08 Å². The van der Waals surface area contributed by atoms with Crippen molar-refractivity contribution >= 4 is 23.5 Å². The summed E-state index contributed by atoms with van der Waals surface area (Å²) in [6.45, 7) is 3.83. The maximum absolute atomic E-state index is 11.6. The summed E-state index contributed by atoms with van der Waals surface area (Å²) in [6.07, 6.45) is 2.05. The van der Waals surface area contributed by atoms with E-state index in [1.165, 1.54) is 31.2 Å². The molecule has 0 bridgehead atoms. The maximum Gasteiger partial charge on any atom is 0.318 e. The van der Waals surface area contributed by atoms with Gasteiger partial charge >= 0.3 is 5.97 Å². The molecule has 0 atom stereocenters. The van der Waals surface area contributed by atoms with Gasteiger partial charge in [-0.3, -0.25) is 19.7 Å². The smallest absolute Gasteiger partial charge is 0.318 e. The number of non-ortho nitro benzene ring substituents is 1. The molecular formula is C16H19NO6. The fourth-order valence-corrected chi connectivity index (χ4v) is 1.68. The Morgan fingerprint density at radius 2 is 1.91 bits per heavy atom. The van der Waals surface area contributed by atoms with Gasteiger partial charge in [0.25, 0.3) is 5.69 Å². The highest BCUT2D eigenvalue weighted by Crippen LogP contribution is 2.15. The van der Waals surface area contributed by atoms with Crippen LogP contribution in [0.3, 0.4) is 0 Å². The Bertz CT molecular complexity index is 591. The number of nitro groups is 1. The largest absolute Gasteiger partial charge is 0.428 e. The summed E-state index contributed by atoms with van der Waals surface area (Å²) < 4.78 is 10.5. The molecule has 124 valence electrons. The van der Waals surface area contributed by atoms with Gasteiger partial charge < -0.3 is 9.47 Å². The Hall–Kier alpha value is -2.54. The van der Waals surface area contributed by atoms with Crippen LogP contribution in [0.2, 0.25) is 0 Å². The van der Waals surface area contributed by atoms with E-state index in [2.05, 4.69) is 0 Å². The lowest BCUT2D eigenvalue weighted by Gasteiger charge is -2.09. The number of rotatable bonds is 9. The highest BCUT2D eigenvalue weighted by atomic mass is 16.6. The number of carbonyl (C=O) groups excluding carboxylic acids is 2. The first-order chi connectivity index (χ1) is 10.9. The zero-order valence-electron chi connectivity index (χ0n) is 13.1. The van der Waals surface area contributed by atoms with Crippen molar-refractivity contribution in [2.24, 2.45) is 0 Å². The Labute approximate surface area is 134 Å². The van der Waals surface area contributed by atoms with E-state index in [1.807, 2.05) is 6.92 Å². The number of ketones is 1. The Morgan fingerprint density at radius 3 is 2.43 bits per heavy atom. The first-order valence-electron chi connectivity index (χ1n) is 7.15. The fourth-order valence-electron chi connectivity index (χ4n) is 1.68. The van der Waals surface area contributed by atoms with Crippen LogP contribution in [-0.4, -0.2) is 29.9 Å². The number of benzene rings is 1. The molecule has 7 nitrogen and oxygen atoms in total. The number of nitro benzene ring substituents is 1. The predicted molar refractivity (Wildman–Crippen MR) is 83.6 cm³/mol. The third-order valence-corrected chi connectivity index (χ3v) is 2.66. The van der Waals surface area contributed by atoms with E-state index in [0.29, 0.717) is 12.2 Å². The van der Waals surface area contributed by atoms with E-state index in [-0.39, 0.29) is 30.3 Å². The topological polar surface area (TPSA) is 95.7 Å². The summed E-state index contributed by atoms with van der Waals surface area (Å²) in [5.41, 5.74) is 0.598.